The zero-order chi connectivity index (χ0) is 19.9. The number of ether oxygens (including phenoxy) is 2. The molecule has 0 saturated heterocycles. The van der Waals surface area contributed by atoms with Crippen LogP contribution in [0.15, 0.2) is 60.5 Å². The van der Waals surface area contributed by atoms with Crippen molar-refractivity contribution in [2.75, 3.05) is 13.7 Å². The molecule has 0 aliphatic rings. The molecule has 28 heavy (non-hydrogen) atoms. The topological polar surface area (TPSA) is 55.1 Å². The average molecular weight is 388 g/mol. The lowest BCUT2D eigenvalue weighted by molar-refractivity contribution is 0.326. The predicted octanol–water partition coefficient (Wildman–Crippen LogP) is 5.76. The number of hydrogen-bond donors (Lipinski definition) is 0. The smallest absolute Gasteiger partial charge is 0.161 e. The van der Waals surface area contributed by atoms with Crippen molar-refractivity contribution >= 4 is 23.0 Å². The molecule has 5 heteroatoms. The predicted molar refractivity (Wildman–Crippen MR) is 114 cm³/mol. The lowest BCUT2D eigenvalue weighted by Gasteiger charge is -2.09. The van der Waals surface area contributed by atoms with Gasteiger partial charge in [0, 0.05) is 10.9 Å². The molecule has 0 radical (unpaired) electrons. The molecule has 0 saturated carbocycles. The Morgan fingerprint density at radius 3 is 2.68 bits per heavy atom. The third-order valence-corrected chi connectivity index (χ3v) is 4.93. The monoisotopic (exact) mass is 388 g/mol. The largest absolute Gasteiger partial charge is 0.493 e. The van der Waals surface area contributed by atoms with Crippen molar-refractivity contribution in [2.24, 2.45) is 0 Å². The number of rotatable bonds is 7. The highest BCUT2D eigenvalue weighted by Gasteiger charge is 2.10. The van der Waals surface area contributed by atoms with E-state index in [1.807, 2.05) is 35.7 Å². The lowest BCUT2D eigenvalue weighted by atomic mass is 10.1. The number of methoxy groups -OCH3 is 1. The van der Waals surface area contributed by atoms with Crippen LogP contribution in [0.2, 0.25) is 0 Å². The van der Waals surface area contributed by atoms with Crippen molar-refractivity contribution in [3.05, 3.63) is 76.6 Å². The minimum absolute atomic E-state index is 0.399. The second-order valence-corrected chi connectivity index (χ2v) is 6.94. The first-order valence-corrected chi connectivity index (χ1v) is 9.59. The van der Waals surface area contributed by atoms with Gasteiger partial charge in [0.2, 0.25) is 0 Å². The van der Waals surface area contributed by atoms with Crippen molar-refractivity contribution in [3.63, 3.8) is 0 Å². The van der Waals surface area contributed by atoms with Crippen LogP contribution >= 0.6 is 11.3 Å². The Morgan fingerprint density at radius 1 is 1.21 bits per heavy atom. The number of thiazole rings is 1. The second kappa shape index (κ2) is 9.03. The highest BCUT2D eigenvalue weighted by Crippen LogP contribution is 2.31. The van der Waals surface area contributed by atoms with E-state index in [0.29, 0.717) is 28.7 Å². The number of nitriles is 1. The van der Waals surface area contributed by atoms with Gasteiger partial charge in [0.1, 0.15) is 17.7 Å². The number of allylic oxidation sites excluding steroid dienone is 1. The number of benzene rings is 2. The molecule has 0 aliphatic carbocycles. The average Bonchev–Trinajstić information content (AvgIpc) is 3.21. The molecule has 0 atom stereocenters. The zero-order valence-corrected chi connectivity index (χ0v) is 16.6. The summed E-state index contributed by atoms with van der Waals surface area (Å²) in [6.45, 7) is 6.09. The second-order valence-electron chi connectivity index (χ2n) is 6.08. The van der Waals surface area contributed by atoms with Gasteiger partial charge < -0.3 is 9.47 Å². The molecule has 0 spiro atoms. The van der Waals surface area contributed by atoms with Gasteiger partial charge in [0.25, 0.3) is 0 Å². The van der Waals surface area contributed by atoms with Crippen LogP contribution in [0.4, 0.5) is 0 Å². The summed E-state index contributed by atoms with van der Waals surface area (Å²) in [4.78, 5) is 4.64. The standard InChI is InChI=1S/C23H20N2O2S/c1-4-11-27-21-10-7-17(13-22(21)26-3)12-19(14-24)23-25-20(15-28-23)18-8-5-16(2)6-9-18/h4-10,12-13,15H,1,11H2,2-3H3. The summed E-state index contributed by atoms with van der Waals surface area (Å²) < 4.78 is 11.0. The van der Waals surface area contributed by atoms with Gasteiger partial charge in [-0.1, -0.05) is 48.6 Å². The molecule has 0 fully saturated rings. The van der Waals surface area contributed by atoms with Crippen molar-refractivity contribution in [1.82, 2.24) is 4.98 Å². The summed E-state index contributed by atoms with van der Waals surface area (Å²) in [5.41, 5.74) is 4.45. The number of aromatic nitrogens is 1. The van der Waals surface area contributed by atoms with E-state index in [-0.39, 0.29) is 0 Å². The highest BCUT2D eigenvalue weighted by molar-refractivity contribution is 7.11. The molecule has 1 aromatic heterocycles. The molecule has 4 nitrogen and oxygen atoms in total. The number of hydrogen-bond acceptors (Lipinski definition) is 5. The van der Waals surface area contributed by atoms with E-state index in [0.717, 1.165) is 16.8 Å². The van der Waals surface area contributed by atoms with Crippen LogP contribution < -0.4 is 9.47 Å². The maximum absolute atomic E-state index is 9.64. The summed E-state index contributed by atoms with van der Waals surface area (Å²) in [6.07, 6.45) is 3.48. The summed E-state index contributed by atoms with van der Waals surface area (Å²) in [6, 6.07) is 16.0. The summed E-state index contributed by atoms with van der Waals surface area (Å²) in [5, 5.41) is 12.3. The number of aryl methyl sites for hydroxylation is 1. The van der Waals surface area contributed by atoms with E-state index in [9.17, 15) is 5.26 Å². The minimum atomic E-state index is 0.399. The van der Waals surface area contributed by atoms with Gasteiger partial charge in [0.05, 0.1) is 18.4 Å². The molecule has 0 unspecified atom stereocenters. The van der Waals surface area contributed by atoms with E-state index in [1.54, 1.807) is 19.3 Å². The SMILES string of the molecule is C=CCOc1ccc(C=C(C#N)c2nc(-c3ccc(C)cc3)cs2)cc1OC. The molecule has 140 valence electrons. The van der Waals surface area contributed by atoms with Gasteiger partial charge in [-0.15, -0.1) is 11.3 Å². The quantitative estimate of drug-likeness (QED) is 0.382. The van der Waals surface area contributed by atoms with Gasteiger partial charge in [-0.3, -0.25) is 0 Å². The first kappa shape index (κ1) is 19.4. The van der Waals surface area contributed by atoms with E-state index < -0.39 is 0 Å². The van der Waals surface area contributed by atoms with Crippen LogP contribution in [0.1, 0.15) is 16.1 Å². The fourth-order valence-corrected chi connectivity index (χ4v) is 3.40. The van der Waals surface area contributed by atoms with Gasteiger partial charge in [-0.05, 0) is 30.7 Å². The lowest BCUT2D eigenvalue weighted by Crippen LogP contribution is -1.96. The Bertz CT molecular complexity index is 1040. The van der Waals surface area contributed by atoms with Crippen LogP contribution in [0.5, 0.6) is 11.5 Å². The molecule has 2 aromatic carbocycles. The third kappa shape index (κ3) is 4.48. The molecular formula is C23H20N2O2S. The van der Waals surface area contributed by atoms with Crippen LogP contribution in [0.3, 0.4) is 0 Å². The Kier molecular flexibility index (Phi) is 6.25. The summed E-state index contributed by atoms with van der Waals surface area (Å²) in [5.74, 6) is 1.24. The highest BCUT2D eigenvalue weighted by atomic mass is 32.1. The van der Waals surface area contributed by atoms with E-state index in [4.69, 9.17) is 9.47 Å². The van der Waals surface area contributed by atoms with Crippen LogP contribution in [0.25, 0.3) is 22.9 Å². The summed E-state index contributed by atoms with van der Waals surface area (Å²) >= 11 is 1.46. The molecular weight excluding hydrogens is 368 g/mol. The normalized spacial score (nSPS) is 11.0. The first-order valence-electron chi connectivity index (χ1n) is 8.71. The van der Waals surface area contributed by atoms with Crippen molar-refractivity contribution in [3.8, 4) is 28.8 Å². The Balaban J connectivity index is 1.89. The number of nitrogens with zero attached hydrogens (tertiary/aromatic N) is 2. The molecule has 0 aliphatic heterocycles. The van der Waals surface area contributed by atoms with Gasteiger partial charge >= 0.3 is 0 Å². The van der Waals surface area contributed by atoms with Crippen LogP contribution in [-0.4, -0.2) is 18.7 Å². The molecule has 3 aromatic rings. The van der Waals surface area contributed by atoms with E-state index >= 15 is 0 Å². The van der Waals surface area contributed by atoms with Gasteiger partial charge in [-0.2, -0.15) is 5.26 Å². The Morgan fingerprint density at radius 2 is 2.00 bits per heavy atom. The minimum Gasteiger partial charge on any atom is -0.493 e. The zero-order valence-electron chi connectivity index (χ0n) is 15.8. The molecule has 3 rings (SSSR count). The fourth-order valence-electron chi connectivity index (χ4n) is 2.60. The Hall–Kier alpha value is -3.36. The molecule has 1 heterocycles. The fraction of sp³-hybridized carbons (Fsp3) is 0.130. The molecule has 0 N–H and O–H groups in total. The maximum atomic E-state index is 9.64. The Labute approximate surface area is 169 Å². The van der Waals surface area contributed by atoms with Crippen molar-refractivity contribution < 1.29 is 9.47 Å². The summed E-state index contributed by atoms with van der Waals surface area (Å²) in [7, 11) is 1.59. The van der Waals surface area contributed by atoms with Crippen molar-refractivity contribution in [1.29, 1.82) is 5.26 Å². The van der Waals surface area contributed by atoms with Gasteiger partial charge in [0.15, 0.2) is 11.5 Å². The van der Waals surface area contributed by atoms with Crippen LogP contribution in [0, 0.1) is 18.3 Å². The molecule has 0 bridgehead atoms. The first-order chi connectivity index (χ1) is 13.6. The van der Waals surface area contributed by atoms with E-state index in [2.05, 4.69) is 36.7 Å². The molecule has 0 amide bonds. The third-order valence-electron chi connectivity index (χ3n) is 4.06. The van der Waals surface area contributed by atoms with Crippen LogP contribution in [-0.2, 0) is 0 Å². The van der Waals surface area contributed by atoms with Gasteiger partial charge in [-0.25, -0.2) is 4.98 Å². The maximum Gasteiger partial charge on any atom is 0.161 e. The van der Waals surface area contributed by atoms with Crippen molar-refractivity contribution in [2.45, 2.75) is 6.92 Å². The van der Waals surface area contributed by atoms with E-state index in [1.165, 1.54) is 16.9 Å².